The molecule has 1 N–H and O–H groups in total. The summed E-state index contributed by atoms with van der Waals surface area (Å²) in [5, 5.41) is 10.3. The summed E-state index contributed by atoms with van der Waals surface area (Å²) in [5.74, 6) is -8.13. The lowest BCUT2D eigenvalue weighted by atomic mass is 9.99. The van der Waals surface area contributed by atoms with Crippen LogP contribution in [0.5, 0.6) is 5.75 Å². The first-order chi connectivity index (χ1) is 18.6. The zero-order valence-corrected chi connectivity index (χ0v) is 22.1. The minimum atomic E-state index is -1.47. The fourth-order valence-corrected chi connectivity index (χ4v) is 5.84. The van der Waals surface area contributed by atoms with E-state index in [4.69, 9.17) is 11.6 Å². The molecular weight excluding hydrogens is 564 g/mol. The van der Waals surface area contributed by atoms with E-state index in [2.05, 4.69) is 4.98 Å². The third-order valence-electron chi connectivity index (χ3n) is 6.80. The highest BCUT2D eigenvalue weighted by Gasteiger charge is 2.33. The number of nitrogens with zero attached hydrogens (tertiary/aromatic N) is 3. The second-order valence-electron chi connectivity index (χ2n) is 9.03. The lowest BCUT2D eigenvalue weighted by molar-refractivity contribution is 0.419. The van der Waals surface area contributed by atoms with Crippen molar-refractivity contribution in [3.63, 3.8) is 0 Å². The van der Waals surface area contributed by atoms with Gasteiger partial charge >= 0.3 is 0 Å². The van der Waals surface area contributed by atoms with Crippen LogP contribution in [0.4, 0.5) is 37.7 Å². The minimum Gasteiger partial charge on any atom is -0.507 e. The highest BCUT2D eigenvalue weighted by molar-refractivity contribution is 7.98. The highest BCUT2D eigenvalue weighted by Crippen LogP contribution is 2.43. The molecule has 1 aliphatic rings. The topological polar surface area (TPSA) is 39.6 Å². The lowest BCUT2D eigenvalue weighted by Crippen LogP contribution is -2.52. The molecule has 1 aliphatic heterocycles. The molecule has 0 spiro atoms. The zero-order chi connectivity index (χ0) is 28.2. The Morgan fingerprint density at radius 2 is 1.64 bits per heavy atom. The summed E-state index contributed by atoms with van der Waals surface area (Å²) in [6.07, 6.45) is 2.67. The third-order valence-corrected chi connectivity index (χ3v) is 7.87. The van der Waals surface area contributed by atoms with Gasteiger partial charge in [0.2, 0.25) is 0 Å². The minimum absolute atomic E-state index is 0.00309. The molecule has 0 saturated carbocycles. The SMILES string of the molecule is CSc1c(F)c(F)c(N2CCN(c3ccnc4c(F)c(-c5c(O)cccc5F)c(Cl)cc34)[C@@H](C)C2)c(F)c1F. The van der Waals surface area contributed by atoms with E-state index in [-0.39, 0.29) is 35.7 Å². The maximum Gasteiger partial charge on any atom is 0.186 e. The molecule has 0 amide bonds. The van der Waals surface area contributed by atoms with Crippen molar-refractivity contribution in [3.8, 4) is 16.9 Å². The van der Waals surface area contributed by atoms with E-state index in [0.717, 1.165) is 6.07 Å². The standard InChI is InChI=1S/C27H20ClF6N3OS/c1-12-11-36(26-21(31)23(33)27(39-2)24(34)22(26)32)8-9-37(12)16-6-7-35-25-13(16)10-14(28)18(20(25)30)19-15(29)4-3-5-17(19)38/h3-7,10,12,38H,8-9,11H2,1-2H3/t12-/m0/s1. The molecule has 5 rings (SSSR count). The molecule has 39 heavy (non-hydrogen) atoms. The van der Waals surface area contributed by atoms with Crippen molar-refractivity contribution in [1.82, 2.24) is 4.98 Å². The van der Waals surface area contributed by atoms with Crippen LogP contribution in [0.3, 0.4) is 0 Å². The number of hydrogen-bond acceptors (Lipinski definition) is 5. The number of rotatable bonds is 4. The maximum absolute atomic E-state index is 15.7. The summed E-state index contributed by atoms with van der Waals surface area (Å²) in [4.78, 5) is 6.44. The average molecular weight is 584 g/mol. The number of aromatic nitrogens is 1. The van der Waals surface area contributed by atoms with E-state index >= 15 is 4.39 Å². The number of halogens is 7. The lowest BCUT2D eigenvalue weighted by Gasteiger charge is -2.42. The number of hydrogen-bond donors (Lipinski definition) is 1. The first kappa shape index (κ1) is 27.3. The molecule has 3 aromatic carbocycles. The van der Waals surface area contributed by atoms with Gasteiger partial charge in [-0.05, 0) is 37.4 Å². The number of anilines is 2. The number of thioether (sulfide) groups is 1. The van der Waals surface area contributed by atoms with Crippen molar-refractivity contribution < 1.29 is 31.4 Å². The molecule has 2 heterocycles. The summed E-state index contributed by atoms with van der Waals surface area (Å²) in [6, 6.07) is 6.12. The van der Waals surface area contributed by atoms with Crippen molar-refractivity contribution in [3.05, 3.63) is 76.5 Å². The fraction of sp³-hybridized carbons (Fsp3) is 0.222. The fourth-order valence-electron chi connectivity index (χ4n) is 5.02. The first-order valence-electron chi connectivity index (χ1n) is 11.7. The highest BCUT2D eigenvalue weighted by atomic mass is 35.5. The molecule has 12 heteroatoms. The average Bonchev–Trinajstić information content (AvgIpc) is 2.90. The van der Waals surface area contributed by atoms with Crippen LogP contribution in [0, 0.1) is 34.9 Å². The van der Waals surface area contributed by atoms with Crippen LogP contribution in [0.15, 0.2) is 41.4 Å². The van der Waals surface area contributed by atoms with Crippen molar-refractivity contribution in [2.24, 2.45) is 0 Å². The van der Waals surface area contributed by atoms with E-state index in [1.807, 2.05) is 4.90 Å². The van der Waals surface area contributed by atoms with Gasteiger partial charge in [-0.15, -0.1) is 11.8 Å². The number of fused-ring (bicyclic) bond motifs is 1. The second-order valence-corrected chi connectivity index (χ2v) is 10.3. The Labute approximate surface area is 228 Å². The van der Waals surface area contributed by atoms with Crippen LogP contribution >= 0.6 is 23.4 Å². The normalized spacial score (nSPS) is 15.9. The van der Waals surface area contributed by atoms with Gasteiger partial charge in [-0.3, -0.25) is 4.98 Å². The predicted octanol–water partition coefficient (Wildman–Crippen LogP) is 7.53. The van der Waals surface area contributed by atoms with Gasteiger partial charge in [-0.25, -0.2) is 26.3 Å². The van der Waals surface area contributed by atoms with Crippen molar-refractivity contribution in [2.75, 3.05) is 35.7 Å². The van der Waals surface area contributed by atoms with E-state index in [1.54, 1.807) is 13.0 Å². The number of aromatic hydroxyl groups is 1. The first-order valence-corrected chi connectivity index (χ1v) is 13.3. The third kappa shape index (κ3) is 4.41. The number of phenols is 1. The van der Waals surface area contributed by atoms with E-state index < -0.39 is 62.8 Å². The van der Waals surface area contributed by atoms with Crippen molar-refractivity contribution >= 4 is 45.6 Å². The van der Waals surface area contributed by atoms with Gasteiger partial charge in [-0.1, -0.05) is 17.7 Å². The Hall–Kier alpha value is -3.31. The van der Waals surface area contributed by atoms with Gasteiger partial charge < -0.3 is 14.9 Å². The van der Waals surface area contributed by atoms with Crippen LogP contribution in [0.25, 0.3) is 22.0 Å². The summed E-state index contributed by atoms with van der Waals surface area (Å²) < 4.78 is 88.7. The molecule has 4 aromatic rings. The Bertz CT molecular complexity index is 1570. The molecule has 0 bridgehead atoms. The predicted molar refractivity (Wildman–Crippen MR) is 141 cm³/mol. The monoisotopic (exact) mass is 583 g/mol. The number of pyridine rings is 1. The summed E-state index contributed by atoms with van der Waals surface area (Å²) in [6.45, 7) is 1.88. The molecule has 0 radical (unpaired) electrons. The molecule has 4 nitrogen and oxygen atoms in total. The Morgan fingerprint density at radius 3 is 2.26 bits per heavy atom. The summed E-state index contributed by atoms with van der Waals surface area (Å²) in [5.41, 5.74) is -1.15. The van der Waals surface area contributed by atoms with Crippen LogP contribution < -0.4 is 9.80 Å². The molecule has 204 valence electrons. The smallest absolute Gasteiger partial charge is 0.186 e. The van der Waals surface area contributed by atoms with Gasteiger partial charge in [0.1, 0.15) is 22.8 Å². The van der Waals surface area contributed by atoms with Gasteiger partial charge in [0.15, 0.2) is 29.1 Å². The largest absolute Gasteiger partial charge is 0.507 e. The van der Waals surface area contributed by atoms with Crippen LogP contribution in [0.2, 0.25) is 5.02 Å². The number of piperazine rings is 1. The number of benzene rings is 3. The Kier molecular flexibility index (Phi) is 7.23. The summed E-state index contributed by atoms with van der Waals surface area (Å²) in [7, 11) is 0. The molecule has 1 atom stereocenters. The Morgan fingerprint density at radius 1 is 0.949 bits per heavy atom. The maximum atomic E-state index is 15.7. The van der Waals surface area contributed by atoms with E-state index in [9.17, 15) is 27.1 Å². The van der Waals surface area contributed by atoms with Gasteiger partial charge in [-0.2, -0.15) is 0 Å². The molecule has 0 unspecified atom stereocenters. The Balaban J connectivity index is 1.53. The molecule has 0 aliphatic carbocycles. The molecule has 1 fully saturated rings. The van der Waals surface area contributed by atoms with Crippen LogP contribution in [-0.2, 0) is 0 Å². The van der Waals surface area contributed by atoms with Gasteiger partial charge in [0.05, 0.1) is 15.5 Å². The summed E-state index contributed by atoms with van der Waals surface area (Å²) >= 11 is 6.97. The quantitative estimate of drug-likeness (QED) is 0.153. The van der Waals surface area contributed by atoms with Crippen molar-refractivity contribution in [1.29, 1.82) is 0 Å². The van der Waals surface area contributed by atoms with Gasteiger partial charge in [0.25, 0.3) is 0 Å². The van der Waals surface area contributed by atoms with Crippen molar-refractivity contribution in [2.45, 2.75) is 17.9 Å². The molecule has 1 saturated heterocycles. The molecular formula is C27H20ClF6N3OS. The van der Waals surface area contributed by atoms with Crippen LogP contribution in [0.1, 0.15) is 6.92 Å². The van der Waals surface area contributed by atoms with E-state index in [0.29, 0.717) is 22.8 Å². The van der Waals surface area contributed by atoms with E-state index in [1.165, 1.54) is 35.6 Å². The van der Waals surface area contributed by atoms with Crippen LogP contribution in [-0.4, -0.2) is 42.0 Å². The zero-order valence-electron chi connectivity index (χ0n) is 20.5. The number of phenolic OH excluding ortho intramolecular Hbond substituents is 1. The van der Waals surface area contributed by atoms with Gasteiger partial charge in [0, 0.05) is 48.5 Å². The molecule has 1 aromatic heterocycles. The second kappa shape index (κ2) is 10.3.